The summed E-state index contributed by atoms with van der Waals surface area (Å²) in [6, 6.07) is 17.9. The van der Waals surface area contributed by atoms with E-state index < -0.39 is 39.7 Å². The van der Waals surface area contributed by atoms with Crippen molar-refractivity contribution in [3.8, 4) is 0 Å². The number of nitrogens with zero attached hydrogens (tertiary/aromatic N) is 1. The number of sulfone groups is 2. The Morgan fingerprint density at radius 3 is 1.77 bits per heavy atom. The monoisotopic (exact) mass is 531 g/mol. The maximum Gasteiger partial charge on any atom is 0.327 e. The van der Waals surface area contributed by atoms with Crippen molar-refractivity contribution in [2.75, 3.05) is 18.0 Å². The molecule has 182 valence electrons. The Kier molecular flexibility index (Phi) is 6.90. The molecule has 1 heterocycles. The molecule has 1 aliphatic rings. The molecule has 0 saturated carbocycles. The highest BCUT2D eigenvalue weighted by Crippen LogP contribution is 2.48. The molecule has 3 aromatic rings. The second-order valence-electron chi connectivity index (χ2n) is 8.02. The molecule has 3 aromatic carbocycles. The summed E-state index contributed by atoms with van der Waals surface area (Å²) >= 11 is 6.50. The van der Waals surface area contributed by atoms with Crippen LogP contribution in [0.2, 0.25) is 5.02 Å². The summed E-state index contributed by atoms with van der Waals surface area (Å²) in [7, 11) is -10.2. The molecule has 0 radical (unpaired) electrons. The van der Waals surface area contributed by atoms with Gasteiger partial charge >= 0.3 is 4.33 Å². The molecule has 9 heteroatoms. The summed E-state index contributed by atoms with van der Waals surface area (Å²) in [5.74, 6) is -1.78. The third kappa shape index (κ3) is 4.20. The van der Waals surface area contributed by atoms with Gasteiger partial charge in [0.1, 0.15) is 0 Å². The number of halogens is 2. The predicted molar refractivity (Wildman–Crippen MR) is 137 cm³/mol. The van der Waals surface area contributed by atoms with Crippen LogP contribution in [0.1, 0.15) is 11.5 Å². The van der Waals surface area contributed by atoms with Gasteiger partial charge in [0.15, 0.2) is 0 Å². The minimum Gasteiger partial charge on any atom is -0.363 e. The van der Waals surface area contributed by atoms with E-state index in [1.54, 1.807) is 18.2 Å². The van der Waals surface area contributed by atoms with Crippen LogP contribution in [-0.2, 0) is 19.7 Å². The van der Waals surface area contributed by atoms with E-state index in [2.05, 4.69) is 6.58 Å². The standard InChI is InChI=1S/C26H23ClFNO4S2/c1-2-23(20-15-16-25(24(27)19-20)29-17-9-10-18-29)26(28,34(30,31)21-11-5-3-6-12-21)35(32,33)22-13-7-4-8-14-22/h2-16,19,23H,1,17-18H2. The Morgan fingerprint density at radius 1 is 0.857 bits per heavy atom. The molecule has 1 unspecified atom stereocenters. The number of allylic oxidation sites excluding steroid dienone is 1. The van der Waals surface area contributed by atoms with Gasteiger partial charge in [-0.05, 0) is 42.0 Å². The Bertz CT molecular complexity index is 1400. The van der Waals surface area contributed by atoms with Crippen LogP contribution < -0.4 is 4.90 Å². The van der Waals surface area contributed by atoms with Crippen LogP contribution in [0.4, 0.5) is 10.1 Å². The van der Waals surface area contributed by atoms with E-state index in [4.69, 9.17) is 11.6 Å². The van der Waals surface area contributed by atoms with Crippen molar-refractivity contribution in [1.29, 1.82) is 0 Å². The lowest BCUT2D eigenvalue weighted by molar-refractivity contribution is 0.331. The molecule has 1 atom stereocenters. The second-order valence-corrected chi connectivity index (χ2v) is 12.8. The molecule has 0 saturated heterocycles. The van der Waals surface area contributed by atoms with Crippen LogP contribution in [-0.4, -0.2) is 34.3 Å². The Hall–Kier alpha value is -2.94. The van der Waals surface area contributed by atoms with Gasteiger partial charge in [-0.3, -0.25) is 0 Å². The minimum atomic E-state index is -5.09. The van der Waals surface area contributed by atoms with E-state index in [0.717, 1.165) is 6.08 Å². The maximum atomic E-state index is 17.3. The summed E-state index contributed by atoms with van der Waals surface area (Å²) in [4.78, 5) is 1.05. The molecule has 0 aliphatic carbocycles. The summed E-state index contributed by atoms with van der Waals surface area (Å²) < 4.78 is 68.5. The molecule has 1 aliphatic heterocycles. The lowest BCUT2D eigenvalue weighted by Crippen LogP contribution is -2.47. The highest BCUT2D eigenvalue weighted by molar-refractivity contribution is 8.10. The average Bonchev–Trinajstić information content (AvgIpc) is 3.40. The Balaban J connectivity index is 1.94. The van der Waals surface area contributed by atoms with Gasteiger partial charge in [-0.2, -0.15) is 0 Å². The van der Waals surface area contributed by atoms with Crippen LogP contribution in [0, 0.1) is 0 Å². The smallest absolute Gasteiger partial charge is 0.327 e. The fourth-order valence-electron chi connectivity index (χ4n) is 4.12. The number of alkyl halides is 1. The van der Waals surface area contributed by atoms with Crippen LogP contribution in [0.3, 0.4) is 0 Å². The van der Waals surface area contributed by atoms with Gasteiger partial charge in [-0.15, -0.1) is 6.58 Å². The SMILES string of the molecule is C=CC(c1ccc(N2CC=CC2)c(Cl)c1)C(F)(S(=O)(=O)c1ccccc1)S(=O)(=O)c1ccccc1. The third-order valence-electron chi connectivity index (χ3n) is 5.94. The summed E-state index contributed by atoms with van der Waals surface area (Å²) in [5.41, 5.74) is 0.743. The van der Waals surface area contributed by atoms with Crippen molar-refractivity contribution in [3.63, 3.8) is 0 Å². The first kappa shape index (κ1) is 25.2. The molecule has 0 N–H and O–H groups in total. The number of rotatable bonds is 8. The second kappa shape index (κ2) is 9.60. The van der Waals surface area contributed by atoms with Crippen molar-refractivity contribution in [3.05, 3.63) is 114 Å². The van der Waals surface area contributed by atoms with Gasteiger partial charge in [0.25, 0.3) is 0 Å². The van der Waals surface area contributed by atoms with Crippen molar-refractivity contribution in [2.24, 2.45) is 0 Å². The molecular formula is C26H23ClFNO4S2. The predicted octanol–water partition coefficient (Wildman–Crippen LogP) is 5.56. The molecule has 4 rings (SSSR count). The fraction of sp³-hybridized carbons (Fsp3) is 0.154. The third-order valence-corrected chi connectivity index (χ3v) is 11.3. The van der Waals surface area contributed by atoms with Crippen LogP contribution >= 0.6 is 11.6 Å². The fourth-order valence-corrected chi connectivity index (χ4v) is 8.97. The summed E-state index contributed by atoms with van der Waals surface area (Å²) in [5, 5.41) is 0.245. The molecule has 5 nitrogen and oxygen atoms in total. The van der Waals surface area contributed by atoms with Crippen LogP contribution in [0.15, 0.2) is 113 Å². The Labute approximate surface area is 210 Å². The number of anilines is 1. The zero-order valence-corrected chi connectivity index (χ0v) is 21.0. The molecule has 0 bridgehead atoms. The van der Waals surface area contributed by atoms with Gasteiger partial charge in [-0.1, -0.05) is 72.3 Å². The Morgan fingerprint density at radius 2 is 1.34 bits per heavy atom. The zero-order valence-electron chi connectivity index (χ0n) is 18.6. The zero-order chi connectivity index (χ0) is 25.3. The lowest BCUT2D eigenvalue weighted by atomic mass is 9.99. The molecule has 35 heavy (non-hydrogen) atoms. The molecule has 0 fully saturated rings. The maximum absolute atomic E-state index is 17.3. The van der Waals surface area contributed by atoms with Gasteiger partial charge < -0.3 is 4.90 Å². The number of hydrogen-bond donors (Lipinski definition) is 0. The van der Waals surface area contributed by atoms with E-state index in [1.807, 2.05) is 17.1 Å². The quantitative estimate of drug-likeness (QED) is 0.356. The first-order valence-electron chi connectivity index (χ1n) is 10.7. The van der Waals surface area contributed by atoms with Crippen molar-refractivity contribution >= 4 is 37.0 Å². The van der Waals surface area contributed by atoms with E-state index in [9.17, 15) is 16.8 Å². The van der Waals surface area contributed by atoms with E-state index in [-0.39, 0.29) is 10.6 Å². The van der Waals surface area contributed by atoms with Crippen molar-refractivity contribution in [1.82, 2.24) is 0 Å². The number of benzene rings is 3. The van der Waals surface area contributed by atoms with E-state index in [1.165, 1.54) is 60.7 Å². The van der Waals surface area contributed by atoms with Gasteiger partial charge in [0.2, 0.25) is 19.7 Å². The average molecular weight is 532 g/mol. The summed E-state index contributed by atoms with van der Waals surface area (Å²) in [6.45, 7) is 4.90. The molecule has 0 spiro atoms. The van der Waals surface area contributed by atoms with E-state index >= 15 is 4.39 Å². The summed E-state index contributed by atoms with van der Waals surface area (Å²) in [6.07, 6.45) is 4.95. The first-order valence-corrected chi connectivity index (χ1v) is 14.1. The van der Waals surface area contributed by atoms with Crippen molar-refractivity contribution < 1.29 is 21.2 Å². The topological polar surface area (TPSA) is 71.5 Å². The van der Waals surface area contributed by atoms with Gasteiger partial charge in [0.05, 0.1) is 26.4 Å². The number of hydrogen-bond acceptors (Lipinski definition) is 5. The van der Waals surface area contributed by atoms with E-state index in [0.29, 0.717) is 18.8 Å². The van der Waals surface area contributed by atoms with Gasteiger partial charge in [0, 0.05) is 13.1 Å². The van der Waals surface area contributed by atoms with Crippen LogP contribution in [0.5, 0.6) is 0 Å². The largest absolute Gasteiger partial charge is 0.363 e. The highest BCUT2D eigenvalue weighted by atomic mass is 35.5. The first-order chi connectivity index (χ1) is 16.6. The minimum absolute atomic E-state index is 0.0717. The molecule has 0 aromatic heterocycles. The molecular weight excluding hydrogens is 509 g/mol. The molecule has 0 amide bonds. The lowest BCUT2D eigenvalue weighted by Gasteiger charge is -2.32. The van der Waals surface area contributed by atoms with Crippen LogP contribution in [0.25, 0.3) is 0 Å². The highest BCUT2D eigenvalue weighted by Gasteiger charge is 2.62. The van der Waals surface area contributed by atoms with Gasteiger partial charge in [-0.25, -0.2) is 21.2 Å². The van der Waals surface area contributed by atoms with Crippen molar-refractivity contribution in [2.45, 2.75) is 20.0 Å². The normalized spacial score (nSPS) is 15.2.